The van der Waals surface area contributed by atoms with Crippen molar-refractivity contribution in [3.8, 4) is 6.07 Å². The molecule has 140 valence electrons. The summed E-state index contributed by atoms with van der Waals surface area (Å²) in [4.78, 5) is 8.33. The number of rotatable bonds is 6. The van der Waals surface area contributed by atoms with E-state index in [0.717, 1.165) is 0 Å². The number of nitrogens with zero attached hydrogens (tertiary/aromatic N) is 3. The summed E-state index contributed by atoms with van der Waals surface area (Å²) < 4.78 is 14.1. The number of hydrogen-bond acceptors (Lipinski definition) is 6. The second-order valence-electron chi connectivity index (χ2n) is 5.98. The van der Waals surface area contributed by atoms with Crippen LogP contribution in [0.5, 0.6) is 0 Å². The fourth-order valence-corrected chi connectivity index (χ4v) is 2.91. The second kappa shape index (κ2) is 8.57. The van der Waals surface area contributed by atoms with Gasteiger partial charge in [-0.05, 0) is 42.5 Å². The Morgan fingerprint density at radius 3 is 2.86 bits per heavy atom. The van der Waals surface area contributed by atoms with Gasteiger partial charge in [0.2, 0.25) is 0 Å². The Morgan fingerprint density at radius 1 is 1.29 bits per heavy atom. The molecule has 0 aliphatic carbocycles. The molecule has 2 heterocycles. The number of nitriles is 1. The maximum atomic E-state index is 14.1. The van der Waals surface area contributed by atoms with Crippen molar-refractivity contribution in [2.45, 2.75) is 12.5 Å². The molecular weight excluding hydrogens is 379 g/mol. The molecule has 8 heteroatoms. The Kier molecular flexibility index (Phi) is 5.94. The van der Waals surface area contributed by atoms with E-state index in [0.29, 0.717) is 27.7 Å². The van der Waals surface area contributed by atoms with Crippen LogP contribution in [0.3, 0.4) is 0 Å². The maximum absolute atomic E-state index is 14.1. The minimum Gasteiger partial charge on any atom is -0.353 e. The van der Waals surface area contributed by atoms with Crippen molar-refractivity contribution in [3.05, 3.63) is 82.1 Å². The summed E-state index contributed by atoms with van der Waals surface area (Å²) in [5.74, 6) is -0.524. The van der Waals surface area contributed by atoms with Gasteiger partial charge in [0.25, 0.3) is 0 Å². The van der Waals surface area contributed by atoms with Crippen LogP contribution in [-0.4, -0.2) is 16.2 Å². The van der Waals surface area contributed by atoms with Crippen molar-refractivity contribution < 1.29 is 4.39 Å². The highest BCUT2D eigenvalue weighted by atomic mass is 35.5. The minimum absolute atomic E-state index is 0.0745. The lowest BCUT2D eigenvalue weighted by Gasteiger charge is -2.17. The number of pyridine rings is 2. The molecular formula is C20H16ClFN6. The molecule has 3 aromatic rings. The third-order valence-corrected chi connectivity index (χ3v) is 4.31. The van der Waals surface area contributed by atoms with Gasteiger partial charge in [-0.2, -0.15) is 5.26 Å². The average molecular weight is 395 g/mol. The van der Waals surface area contributed by atoms with Gasteiger partial charge in [0.1, 0.15) is 17.6 Å². The molecule has 4 N–H and O–H groups in total. The van der Waals surface area contributed by atoms with Crippen LogP contribution in [0.25, 0.3) is 0 Å². The van der Waals surface area contributed by atoms with E-state index in [2.05, 4.69) is 15.3 Å². The van der Waals surface area contributed by atoms with E-state index >= 15 is 0 Å². The summed E-state index contributed by atoms with van der Waals surface area (Å²) in [5.41, 5.74) is 8.91. The summed E-state index contributed by atoms with van der Waals surface area (Å²) in [6, 6.07) is 12.4. The Bertz CT molecular complexity index is 1060. The number of aromatic nitrogens is 2. The van der Waals surface area contributed by atoms with Crippen LogP contribution in [0, 0.1) is 22.6 Å². The van der Waals surface area contributed by atoms with Crippen LogP contribution in [0.2, 0.25) is 5.02 Å². The summed E-state index contributed by atoms with van der Waals surface area (Å²) in [7, 11) is 0. The van der Waals surface area contributed by atoms with Crippen molar-refractivity contribution in [2.24, 2.45) is 5.73 Å². The van der Waals surface area contributed by atoms with Gasteiger partial charge < -0.3 is 16.5 Å². The molecule has 0 saturated heterocycles. The Hall–Kier alpha value is -3.34. The van der Waals surface area contributed by atoms with E-state index in [9.17, 15) is 4.39 Å². The number of hydrogen-bond donors (Lipinski definition) is 3. The fourth-order valence-electron chi connectivity index (χ4n) is 2.73. The highest BCUT2D eigenvalue weighted by Crippen LogP contribution is 2.28. The summed E-state index contributed by atoms with van der Waals surface area (Å²) in [6.07, 6.45) is 2.86. The third-order valence-electron chi connectivity index (χ3n) is 4.07. The lowest BCUT2D eigenvalue weighted by Crippen LogP contribution is -2.18. The second-order valence-corrected chi connectivity index (χ2v) is 6.42. The highest BCUT2D eigenvalue weighted by Gasteiger charge is 2.17. The van der Waals surface area contributed by atoms with Crippen molar-refractivity contribution in [1.82, 2.24) is 9.97 Å². The lowest BCUT2D eigenvalue weighted by molar-refractivity contribution is 0.576. The molecule has 2 aromatic heterocycles. The lowest BCUT2D eigenvalue weighted by atomic mass is 10.0. The van der Waals surface area contributed by atoms with Gasteiger partial charge in [-0.15, -0.1) is 0 Å². The van der Waals surface area contributed by atoms with E-state index in [4.69, 9.17) is 28.0 Å². The number of nitrogens with two attached hydrogens (primary N) is 1. The van der Waals surface area contributed by atoms with Gasteiger partial charge in [0, 0.05) is 35.1 Å². The van der Waals surface area contributed by atoms with Crippen molar-refractivity contribution in [3.63, 3.8) is 0 Å². The first kappa shape index (κ1) is 19.4. The first-order valence-electron chi connectivity index (χ1n) is 8.35. The number of benzene rings is 1. The van der Waals surface area contributed by atoms with Crippen LogP contribution >= 0.6 is 11.6 Å². The Morgan fingerprint density at radius 2 is 2.11 bits per heavy atom. The third kappa shape index (κ3) is 4.31. The normalized spacial score (nSPS) is 11.5. The van der Waals surface area contributed by atoms with Crippen molar-refractivity contribution in [2.75, 3.05) is 5.32 Å². The molecule has 28 heavy (non-hydrogen) atoms. The minimum atomic E-state index is -0.657. The molecule has 0 unspecified atom stereocenters. The molecule has 0 bridgehead atoms. The average Bonchev–Trinajstić information content (AvgIpc) is 2.71. The maximum Gasteiger partial charge on any atom is 0.144 e. The van der Waals surface area contributed by atoms with Crippen LogP contribution in [-0.2, 0) is 6.42 Å². The number of anilines is 2. The number of nitrogens with one attached hydrogen (secondary N) is 2. The zero-order valence-electron chi connectivity index (χ0n) is 14.7. The van der Waals surface area contributed by atoms with Gasteiger partial charge in [-0.1, -0.05) is 11.6 Å². The number of halogens is 2. The molecule has 0 fully saturated rings. The zero-order chi connectivity index (χ0) is 20.1. The molecule has 0 aliphatic rings. The molecule has 1 aromatic carbocycles. The van der Waals surface area contributed by atoms with Gasteiger partial charge in [0.15, 0.2) is 0 Å². The van der Waals surface area contributed by atoms with Gasteiger partial charge in [0.05, 0.1) is 23.1 Å². The summed E-state index contributed by atoms with van der Waals surface area (Å²) in [6.45, 7) is 0. The largest absolute Gasteiger partial charge is 0.353 e. The molecule has 1 atom stereocenters. The molecule has 0 amide bonds. The van der Waals surface area contributed by atoms with E-state index in [1.165, 1.54) is 18.3 Å². The molecule has 6 nitrogen and oxygen atoms in total. The highest BCUT2D eigenvalue weighted by molar-refractivity contribution is 6.31. The first-order chi connectivity index (χ1) is 13.5. The monoisotopic (exact) mass is 394 g/mol. The van der Waals surface area contributed by atoms with E-state index < -0.39 is 11.9 Å². The summed E-state index contributed by atoms with van der Waals surface area (Å²) >= 11 is 5.98. The smallest absolute Gasteiger partial charge is 0.144 e. The van der Waals surface area contributed by atoms with Crippen LogP contribution < -0.4 is 11.1 Å². The predicted molar refractivity (Wildman–Crippen MR) is 106 cm³/mol. The summed E-state index contributed by atoms with van der Waals surface area (Å²) in [5, 5.41) is 20.2. The predicted octanol–water partition coefficient (Wildman–Crippen LogP) is 4.12. The van der Waals surface area contributed by atoms with Gasteiger partial charge in [-0.25, -0.2) is 9.37 Å². The fraction of sp³-hybridized carbons (Fsp3) is 0.100. The van der Waals surface area contributed by atoms with Gasteiger partial charge in [-0.3, -0.25) is 4.98 Å². The topological polar surface area (TPSA) is 111 Å². The Balaban J connectivity index is 1.90. The molecule has 0 aliphatic heterocycles. The molecule has 3 rings (SSSR count). The molecule has 0 radical (unpaired) electrons. The standard InChI is InChI=1S/C20H16ClFN6/c21-13-3-6-17(12(8-13)10-23)28-18-2-1-7-26-20(18)16(25)9-19-15(22)5-4-14(11-24)27-19/h1-8,10,16,23,28H,9,25H2/t16-/m0/s1. The van der Waals surface area contributed by atoms with E-state index in [1.807, 2.05) is 6.07 Å². The van der Waals surface area contributed by atoms with Crippen LogP contribution in [0.15, 0.2) is 48.7 Å². The van der Waals surface area contributed by atoms with Crippen molar-refractivity contribution in [1.29, 1.82) is 10.7 Å². The van der Waals surface area contributed by atoms with Crippen LogP contribution in [0.1, 0.15) is 28.7 Å². The SMILES string of the molecule is N#Cc1ccc(F)c(C[C@H](N)c2ncccc2Nc2ccc(Cl)cc2C=N)n1. The van der Waals surface area contributed by atoms with Crippen molar-refractivity contribution >= 4 is 29.2 Å². The zero-order valence-corrected chi connectivity index (χ0v) is 15.4. The van der Waals surface area contributed by atoms with E-state index in [1.54, 1.807) is 36.5 Å². The quantitative estimate of drug-likeness (QED) is 0.544. The van der Waals surface area contributed by atoms with Gasteiger partial charge >= 0.3 is 0 Å². The van der Waals surface area contributed by atoms with Crippen LogP contribution in [0.4, 0.5) is 15.8 Å². The molecule has 0 spiro atoms. The molecule has 0 saturated carbocycles. The first-order valence-corrected chi connectivity index (χ1v) is 8.72. The Labute approximate surface area is 166 Å². The van der Waals surface area contributed by atoms with E-state index in [-0.39, 0.29) is 17.8 Å².